The first-order chi connectivity index (χ1) is 41.2. The van der Waals surface area contributed by atoms with Crippen molar-refractivity contribution >= 4 is 24.2 Å². The number of carboxylic acids is 1. The summed E-state index contributed by atoms with van der Waals surface area (Å²) in [6, 6.07) is 0. The van der Waals surface area contributed by atoms with Crippen molar-refractivity contribution in [2.75, 3.05) is 26.4 Å². The molecule has 4 heterocycles. The summed E-state index contributed by atoms with van der Waals surface area (Å²) in [5, 5.41) is 155. The number of esters is 2. The van der Waals surface area contributed by atoms with E-state index in [4.69, 9.17) is 47.4 Å². The van der Waals surface area contributed by atoms with Gasteiger partial charge >= 0.3 is 17.9 Å². The summed E-state index contributed by atoms with van der Waals surface area (Å²) in [7, 11) is 0. The van der Waals surface area contributed by atoms with Gasteiger partial charge in [-0.05, 0) is 92.8 Å². The topological polar surface area (TPSA) is 444 Å². The summed E-state index contributed by atoms with van der Waals surface area (Å²) in [6.07, 6.45) is -35.7. The number of carboxylic acid groups (broad SMARTS) is 1. The van der Waals surface area contributed by atoms with E-state index < -0.39 is 223 Å². The fourth-order valence-corrected chi connectivity index (χ4v) is 17.2. The van der Waals surface area contributed by atoms with Gasteiger partial charge in [0.1, 0.15) is 111 Å². The van der Waals surface area contributed by atoms with Crippen LogP contribution in [-0.2, 0) is 66.5 Å². The Morgan fingerprint density at radius 2 is 1.26 bits per heavy atom. The van der Waals surface area contributed by atoms with E-state index in [9.17, 15) is 90.7 Å². The molecule has 4 saturated heterocycles. The predicted molar refractivity (Wildman–Crippen MR) is 295 cm³/mol. The molecule has 31 unspecified atom stereocenters. The van der Waals surface area contributed by atoms with Gasteiger partial charge in [-0.3, -0.25) is 4.79 Å². The van der Waals surface area contributed by atoms with Crippen LogP contribution >= 0.6 is 0 Å². The lowest BCUT2D eigenvalue weighted by Crippen LogP contribution is -2.72. The lowest BCUT2D eigenvalue weighted by molar-refractivity contribution is -0.400. The summed E-state index contributed by atoms with van der Waals surface area (Å²) >= 11 is 0. The predicted octanol–water partition coefficient (Wildman–Crippen LogP) is -2.65. The molecule has 0 amide bonds. The van der Waals surface area contributed by atoms with Crippen molar-refractivity contribution in [1.29, 1.82) is 0 Å². The van der Waals surface area contributed by atoms with Crippen molar-refractivity contribution in [1.82, 2.24) is 0 Å². The summed E-state index contributed by atoms with van der Waals surface area (Å²) in [4.78, 5) is 53.4. The highest BCUT2D eigenvalue weighted by Crippen LogP contribution is 2.76. The number of rotatable bonds is 16. The van der Waals surface area contributed by atoms with Gasteiger partial charge in [-0.2, -0.15) is 0 Å². The normalized spacial score (nSPS) is 51.1. The van der Waals surface area contributed by atoms with E-state index in [0.29, 0.717) is 37.7 Å². The Morgan fingerprint density at radius 1 is 0.670 bits per heavy atom. The van der Waals surface area contributed by atoms with Crippen LogP contribution in [0.3, 0.4) is 0 Å². The van der Waals surface area contributed by atoms with Crippen molar-refractivity contribution in [2.24, 2.45) is 50.2 Å². The second-order valence-corrected chi connectivity index (χ2v) is 27.8. The first kappa shape index (κ1) is 69.1. The molecule has 0 bridgehead atoms. The van der Waals surface area contributed by atoms with Crippen molar-refractivity contribution < 1.29 is 138 Å². The van der Waals surface area contributed by atoms with Gasteiger partial charge in [-0.1, -0.05) is 59.3 Å². The van der Waals surface area contributed by atoms with Gasteiger partial charge in [0.05, 0.1) is 42.9 Å². The molecule has 4 aliphatic heterocycles. The number of aliphatic hydroxyl groups excluding tert-OH is 13. The van der Waals surface area contributed by atoms with Gasteiger partial charge in [-0.15, -0.1) is 0 Å². The Morgan fingerprint density at radius 3 is 1.82 bits per heavy atom. The third-order valence-electron chi connectivity index (χ3n) is 22.6. The van der Waals surface area contributed by atoms with Crippen LogP contribution in [0.15, 0.2) is 23.3 Å². The van der Waals surface area contributed by atoms with Gasteiger partial charge in [0.25, 0.3) is 0 Å². The summed E-state index contributed by atoms with van der Waals surface area (Å²) in [5.41, 5.74) is -4.52. The number of hydrogen-bond acceptors (Lipinski definition) is 27. The molecule has 31 atom stereocenters. The molecule has 0 aromatic rings. The second kappa shape index (κ2) is 25.6. The molecule has 0 aromatic heterocycles. The third-order valence-corrected chi connectivity index (χ3v) is 22.6. The molecule has 9 rings (SSSR count). The van der Waals surface area contributed by atoms with Gasteiger partial charge in [0, 0.05) is 17.9 Å². The second-order valence-electron chi connectivity index (χ2n) is 27.8. The summed E-state index contributed by atoms with van der Waals surface area (Å²) < 4.78 is 60.1. The van der Waals surface area contributed by atoms with Crippen LogP contribution in [0.2, 0.25) is 0 Å². The van der Waals surface area contributed by atoms with E-state index in [1.165, 1.54) is 6.92 Å². The number of aliphatic hydroxyl groups is 13. The third kappa shape index (κ3) is 11.3. The van der Waals surface area contributed by atoms with E-state index in [0.717, 1.165) is 11.9 Å². The number of hydrogen-bond donors (Lipinski definition) is 14. The molecule has 0 aromatic carbocycles. The lowest BCUT2D eigenvalue weighted by atomic mass is 9.33. The van der Waals surface area contributed by atoms with Crippen LogP contribution in [0.5, 0.6) is 0 Å². The van der Waals surface area contributed by atoms with E-state index in [2.05, 4.69) is 26.8 Å². The average molecular weight is 1260 g/mol. The van der Waals surface area contributed by atoms with Crippen molar-refractivity contribution in [3.8, 4) is 0 Å². The molecule has 8 fully saturated rings. The van der Waals surface area contributed by atoms with E-state index >= 15 is 0 Å². The smallest absolute Gasteiger partial charge is 0.335 e. The molecule has 14 N–H and O–H groups in total. The molecule has 9 aliphatic rings. The van der Waals surface area contributed by atoms with E-state index in [-0.39, 0.29) is 25.4 Å². The number of ether oxygens (including phenoxy) is 10. The first-order valence-corrected chi connectivity index (χ1v) is 30.4. The fraction of sp³-hybridized carbons (Fsp3) is 0.867. The van der Waals surface area contributed by atoms with Crippen LogP contribution in [0, 0.1) is 50.2 Å². The number of fused-ring (bicyclic) bond motifs is 7. The molecule has 28 heteroatoms. The lowest BCUT2D eigenvalue weighted by Gasteiger charge is -2.72. The zero-order valence-corrected chi connectivity index (χ0v) is 51.0. The Labute approximate surface area is 509 Å². The zero-order chi connectivity index (χ0) is 64.9. The highest BCUT2D eigenvalue weighted by Gasteiger charge is 2.74. The van der Waals surface area contributed by atoms with Gasteiger partial charge < -0.3 is 124 Å². The Hall–Kier alpha value is -3.28. The molecule has 0 spiro atoms. The van der Waals surface area contributed by atoms with Crippen LogP contribution in [0.25, 0.3) is 0 Å². The molecule has 5 aliphatic carbocycles. The first-order valence-electron chi connectivity index (χ1n) is 30.4. The average Bonchev–Trinajstić information content (AvgIpc) is 0.673. The summed E-state index contributed by atoms with van der Waals surface area (Å²) in [5.74, 6) is -4.25. The largest absolute Gasteiger partial charge is 0.479 e. The number of carbonyl (C=O) groups is 4. The number of allylic oxidation sites excluding steroid dienone is 3. The molecule has 500 valence electrons. The van der Waals surface area contributed by atoms with Crippen LogP contribution < -0.4 is 0 Å². The zero-order valence-electron chi connectivity index (χ0n) is 51.0. The van der Waals surface area contributed by atoms with Crippen LogP contribution in [-0.4, -0.2) is 263 Å². The van der Waals surface area contributed by atoms with Crippen molar-refractivity contribution in [3.05, 3.63) is 23.3 Å². The van der Waals surface area contributed by atoms with Crippen molar-refractivity contribution in [3.63, 3.8) is 0 Å². The van der Waals surface area contributed by atoms with Gasteiger partial charge in [0.15, 0.2) is 31.3 Å². The molecule has 88 heavy (non-hydrogen) atoms. The maximum absolute atomic E-state index is 14.2. The molecule has 0 radical (unpaired) electrons. The highest BCUT2D eigenvalue weighted by atomic mass is 16.8. The number of carbonyl (C=O) groups excluding carboxylic acids is 3. The SMILES string of the molecule is CC=C(C)C(=O)OC1C(O)C2(COC(C)=O)C(O)CC3(C)C(=CCC4C5(C)CCC(OC6OC(C(=O)O)C(O)C(OC7OCC(O)C(O)C7OC7OC(CO)C(O)C(O)C7O)C6OC6OC(CO)C(O)C(O)C6O)C(C)(C=O)C5CCC43C)C2CC1(C)C. The van der Waals surface area contributed by atoms with E-state index in [1.807, 2.05) is 13.8 Å². The highest BCUT2D eigenvalue weighted by molar-refractivity contribution is 5.87. The Bertz CT molecular complexity index is 2600. The van der Waals surface area contributed by atoms with Gasteiger partial charge in [0.2, 0.25) is 0 Å². The molecule has 28 nitrogen and oxygen atoms in total. The molecule has 4 saturated carbocycles. The van der Waals surface area contributed by atoms with Crippen LogP contribution in [0.1, 0.15) is 107 Å². The van der Waals surface area contributed by atoms with Crippen molar-refractivity contribution in [2.45, 2.75) is 248 Å². The summed E-state index contributed by atoms with van der Waals surface area (Å²) in [6.45, 7) is 13.6. The molecular weight excluding hydrogens is 1170 g/mol. The number of aldehydes is 1. The van der Waals surface area contributed by atoms with Crippen LogP contribution in [0.4, 0.5) is 0 Å². The monoisotopic (exact) mass is 1260 g/mol. The van der Waals surface area contributed by atoms with E-state index in [1.54, 1.807) is 26.8 Å². The Kier molecular flexibility index (Phi) is 20.1. The molecular formula is C60H92O28. The standard InChI is InChI=1S/C60H92O28/c1-10-24(2)50(78)88-48-47(75)60(23-80-25(3)64)27(17-55(48,4)5)26-11-12-32-56(6)15-14-34(57(7,22-63)31(56)13-16-58(32,8)59(26,9)18-33(60)66)83-54-46(87-52-41(73)39(71)37(69)30(20-62)82-52)43(42(74)44(85-54)49(76)77)84-53-45(35(67)28(65)21-79-53)86-51-40(72)38(70)36(68)29(19-61)81-51/h10-11,22,27-48,51-54,61-62,65-75H,12-21,23H2,1-9H3,(H,76,77). The minimum Gasteiger partial charge on any atom is -0.479 e. The maximum atomic E-state index is 14.2. The number of aliphatic carboxylic acids is 1. The Balaban J connectivity index is 1.05. The minimum atomic E-state index is -2.32. The minimum absolute atomic E-state index is 0.0926. The fourth-order valence-electron chi connectivity index (χ4n) is 17.2. The quantitative estimate of drug-likeness (QED) is 0.0247. The van der Waals surface area contributed by atoms with Gasteiger partial charge in [-0.25, -0.2) is 9.59 Å². The maximum Gasteiger partial charge on any atom is 0.335 e.